The number of para-hydroxylation sites is 1. The highest BCUT2D eigenvalue weighted by atomic mass is 32.2. The monoisotopic (exact) mass is 461 g/mol. The lowest BCUT2D eigenvalue weighted by molar-refractivity contribution is -0.113. The van der Waals surface area contributed by atoms with Crippen LogP contribution in [0.15, 0.2) is 87.6 Å². The smallest absolute Gasteiger partial charge is 0.262 e. The van der Waals surface area contributed by atoms with Gasteiger partial charge in [0.05, 0.1) is 23.2 Å². The SMILES string of the molecule is CSc1cccc(NC(=O)CSc2nc3ccccc3c(=O)n2Cc2ccc(C)cc2)c1. The van der Waals surface area contributed by atoms with E-state index in [2.05, 4.69) is 5.32 Å². The number of carbonyl (C=O) groups is 1. The van der Waals surface area contributed by atoms with E-state index in [9.17, 15) is 9.59 Å². The van der Waals surface area contributed by atoms with E-state index in [4.69, 9.17) is 4.98 Å². The van der Waals surface area contributed by atoms with Crippen LogP contribution in [-0.2, 0) is 11.3 Å². The number of anilines is 1. The van der Waals surface area contributed by atoms with Crippen molar-refractivity contribution in [3.63, 3.8) is 0 Å². The van der Waals surface area contributed by atoms with Crippen LogP contribution in [0.25, 0.3) is 10.9 Å². The molecule has 1 aromatic heterocycles. The molecule has 4 rings (SSSR count). The highest BCUT2D eigenvalue weighted by Gasteiger charge is 2.14. The molecular formula is C25H23N3O2S2. The van der Waals surface area contributed by atoms with Gasteiger partial charge in [-0.2, -0.15) is 0 Å². The van der Waals surface area contributed by atoms with Gasteiger partial charge >= 0.3 is 0 Å². The summed E-state index contributed by atoms with van der Waals surface area (Å²) in [5.74, 6) is 0.0138. The molecule has 0 aliphatic carbocycles. The maximum absolute atomic E-state index is 13.2. The summed E-state index contributed by atoms with van der Waals surface area (Å²) in [5, 5.41) is 4.03. The van der Waals surface area contributed by atoms with Crippen LogP contribution in [0.2, 0.25) is 0 Å². The van der Waals surface area contributed by atoms with Gasteiger partial charge in [0.1, 0.15) is 0 Å². The minimum Gasteiger partial charge on any atom is -0.325 e. The van der Waals surface area contributed by atoms with Crippen LogP contribution in [0.5, 0.6) is 0 Å². The number of hydrogen-bond acceptors (Lipinski definition) is 5. The zero-order valence-electron chi connectivity index (χ0n) is 17.9. The van der Waals surface area contributed by atoms with Crippen molar-refractivity contribution in [2.75, 3.05) is 17.3 Å². The van der Waals surface area contributed by atoms with Crippen molar-refractivity contribution in [2.24, 2.45) is 0 Å². The Bertz CT molecular complexity index is 1320. The average Bonchev–Trinajstić information content (AvgIpc) is 2.81. The van der Waals surface area contributed by atoms with Crippen LogP contribution in [0, 0.1) is 6.92 Å². The number of aromatic nitrogens is 2. The van der Waals surface area contributed by atoms with Crippen LogP contribution in [0.3, 0.4) is 0 Å². The Kier molecular flexibility index (Phi) is 6.97. The van der Waals surface area contributed by atoms with Gasteiger partial charge < -0.3 is 5.32 Å². The molecule has 0 atom stereocenters. The van der Waals surface area contributed by atoms with Crippen LogP contribution in [-0.4, -0.2) is 27.5 Å². The fourth-order valence-electron chi connectivity index (χ4n) is 3.30. The number of aryl methyl sites for hydroxylation is 1. The van der Waals surface area contributed by atoms with E-state index in [1.165, 1.54) is 11.8 Å². The maximum Gasteiger partial charge on any atom is 0.262 e. The highest BCUT2D eigenvalue weighted by Crippen LogP contribution is 2.21. The molecule has 0 unspecified atom stereocenters. The number of nitrogens with zero attached hydrogens (tertiary/aromatic N) is 2. The number of amides is 1. The van der Waals surface area contributed by atoms with Crippen molar-refractivity contribution in [1.82, 2.24) is 9.55 Å². The summed E-state index contributed by atoms with van der Waals surface area (Å²) in [6.45, 7) is 2.43. The summed E-state index contributed by atoms with van der Waals surface area (Å²) in [5.41, 5.74) is 3.45. The molecule has 0 spiro atoms. The summed E-state index contributed by atoms with van der Waals surface area (Å²) >= 11 is 2.89. The second kappa shape index (κ2) is 10.1. The molecule has 162 valence electrons. The van der Waals surface area contributed by atoms with Crippen LogP contribution >= 0.6 is 23.5 Å². The molecule has 4 aromatic rings. The van der Waals surface area contributed by atoms with E-state index < -0.39 is 0 Å². The van der Waals surface area contributed by atoms with Gasteiger partial charge in [-0.3, -0.25) is 14.2 Å². The molecule has 0 aliphatic rings. The van der Waals surface area contributed by atoms with E-state index in [1.807, 2.05) is 79.9 Å². The van der Waals surface area contributed by atoms with E-state index in [0.717, 1.165) is 21.7 Å². The summed E-state index contributed by atoms with van der Waals surface area (Å²) in [6, 6.07) is 23.1. The predicted octanol–water partition coefficient (Wildman–Crippen LogP) is 5.21. The first-order valence-electron chi connectivity index (χ1n) is 10.2. The molecular weight excluding hydrogens is 438 g/mol. The molecule has 5 nitrogen and oxygen atoms in total. The van der Waals surface area contributed by atoms with Crippen molar-refractivity contribution in [2.45, 2.75) is 23.5 Å². The third-order valence-corrected chi connectivity index (χ3v) is 6.68. The van der Waals surface area contributed by atoms with Crippen molar-refractivity contribution in [1.29, 1.82) is 0 Å². The second-order valence-electron chi connectivity index (χ2n) is 7.36. The summed E-state index contributed by atoms with van der Waals surface area (Å²) in [6.07, 6.45) is 2.00. The second-order valence-corrected chi connectivity index (χ2v) is 9.18. The molecule has 0 saturated heterocycles. The van der Waals surface area contributed by atoms with E-state index in [0.29, 0.717) is 22.6 Å². The van der Waals surface area contributed by atoms with Gasteiger partial charge in [-0.05, 0) is 49.1 Å². The van der Waals surface area contributed by atoms with E-state index in [-0.39, 0.29) is 17.2 Å². The van der Waals surface area contributed by atoms with Crippen LogP contribution in [0.4, 0.5) is 5.69 Å². The molecule has 0 saturated carbocycles. The topological polar surface area (TPSA) is 64.0 Å². The van der Waals surface area contributed by atoms with Crippen molar-refractivity contribution < 1.29 is 4.79 Å². The normalized spacial score (nSPS) is 10.9. The van der Waals surface area contributed by atoms with Gasteiger partial charge in [0.2, 0.25) is 5.91 Å². The standard InChI is InChI=1S/C25H23N3O2S2/c1-17-10-12-18(13-11-17)15-28-24(30)21-8-3-4-9-22(21)27-25(28)32-16-23(29)26-19-6-5-7-20(14-19)31-2/h3-14H,15-16H2,1-2H3,(H,26,29). The molecule has 0 bridgehead atoms. The van der Waals surface area contributed by atoms with Gasteiger partial charge in [-0.25, -0.2) is 4.98 Å². The minimum absolute atomic E-state index is 0.105. The summed E-state index contributed by atoms with van der Waals surface area (Å²) in [7, 11) is 0. The quantitative estimate of drug-likeness (QED) is 0.302. The van der Waals surface area contributed by atoms with E-state index in [1.54, 1.807) is 22.4 Å². The average molecular weight is 462 g/mol. The third kappa shape index (κ3) is 5.23. The number of thioether (sulfide) groups is 2. The Labute approximate surface area is 195 Å². The first-order chi connectivity index (χ1) is 15.5. The molecule has 1 amide bonds. The largest absolute Gasteiger partial charge is 0.325 e. The zero-order valence-corrected chi connectivity index (χ0v) is 19.5. The Hall–Kier alpha value is -3.03. The van der Waals surface area contributed by atoms with Gasteiger partial charge in [0.15, 0.2) is 5.16 Å². The van der Waals surface area contributed by atoms with Gasteiger partial charge in [-0.1, -0.05) is 59.8 Å². The fraction of sp³-hybridized carbons (Fsp3) is 0.160. The lowest BCUT2D eigenvalue weighted by Crippen LogP contribution is -2.25. The molecule has 7 heteroatoms. The third-order valence-electron chi connectivity index (χ3n) is 4.97. The number of carbonyl (C=O) groups excluding carboxylic acids is 1. The summed E-state index contributed by atoms with van der Waals surface area (Å²) in [4.78, 5) is 31.6. The van der Waals surface area contributed by atoms with Crippen LogP contribution < -0.4 is 10.9 Å². The van der Waals surface area contributed by atoms with Crippen molar-refractivity contribution >= 4 is 46.0 Å². The first-order valence-corrected chi connectivity index (χ1v) is 12.4. The van der Waals surface area contributed by atoms with Crippen molar-refractivity contribution in [3.05, 3.63) is 94.3 Å². The lowest BCUT2D eigenvalue weighted by atomic mass is 10.1. The molecule has 0 fully saturated rings. The lowest BCUT2D eigenvalue weighted by Gasteiger charge is -2.13. The van der Waals surface area contributed by atoms with E-state index >= 15 is 0 Å². The molecule has 1 heterocycles. The molecule has 32 heavy (non-hydrogen) atoms. The van der Waals surface area contributed by atoms with Gasteiger partial charge in [-0.15, -0.1) is 11.8 Å². The number of rotatable bonds is 7. The zero-order chi connectivity index (χ0) is 22.5. The molecule has 3 aromatic carbocycles. The van der Waals surface area contributed by atoms with Gasteiger partial charge in [0.25, 0.3) is 5.56 Å². The fourth-order valence-corrected chi connectivity index (χ4v) is 4.56. The molecule has 0 radical (unpaired) electrons. The maximum atomic E-state index is 13.2. The number of nitrogens with one attached hydrogen (secondary N) is 1. The number of hydrogen-bond donors (Lipinski definition) is 1. The molecule has 1 N–H and O–H groups in total. The Morgan fingerprint density at radius 2 is 1.81 bits per heavy atom. The number of fused-ring (bicyclic) bond motifs is 1. The Balaban J connectivity index is 1.59. The summed E-state index contributed by atoms with van der Waals surface area (Å²) < 4.78 is 1.65. The van der Waals surface area contributed by atoms with Crippen LogP contribution in [0.1, 0.15) is 11.1 Å². The Morgan fingerprint density at radius 1 is 1.03 bits per heavy atom. The Morgan fingerprint density at radius 3 is 2.59 bits per heavy atom. The predicted molar refractivity (Wildman–Crippen MR) is 134 cm³/mol. The molecule has 0 aliphatic heterocycles. The first kappa shape index (κ1) is 22.2. The number of benzene rings is 3. The highest BCUT2D eigenvalue weighted by molar-refractivity contribution is 7.99. The van der Waals surface area contributed by atoms with Crippen molar-refractivity contribution in [3.8, 4) is 0 Å². The van der Waals surface area contributed by atoms with Gasteiger partial charge in [0, 0.05) is 10.6 Å². The minimum atomic E-state index is -0.141.